The average molecular weight is 281 g/mol. The zero-order valence-electron chi connectivity index (χ0n) is 11.3. The van der Waals surface area contributed by atoms with E-state index < -0.39 is 0 Å². The van der Waals surface area contributed by atoms with Gasteiger partial charge in [-0.25, -0.2) is 0 Å². The first-order chi connectivity index (χ1) is 9.19. The molecule has 104 valence electrons. The summed E-state index contributed by atoms with van der Waals surface area (Å²) in [5.74, 6) is 0. The monoisotopic (exact) mass is 280 g/mol. The van der Waals surface area contributed by atoms with Gasteiger partial charge in [0.25, 0.3) is 0 Å². The van der Waals surface area contributed by atoms with Crippen LogP contribution >= 0.6 is 11.6 Å². The second-order valence-corrected chi connectivity index (χ2v) is 6.16. The number of benzene rings is 1. The smallest absolute Gasteiger partial charge is 0.0702 e. The Bertz CT molecular complexity index is 465. The Labute approximate surface area is 119 Å². The van der Waals surface area contributed by atoms with E-state index in [9.17, 15) is 5.11 Å². The second-order valence-electron chi connectivity index (χ2n) is 5.72. The third-order valence-electron chi connectivity index (χ3n) is 4.46. The fourth-order valence-electron chi connectivity index (χ4n) is 3.48. The van der Waals surface area contributed by atoms with Crippen LogP contribution in [-0.2, 0) is 6.61 Å². The maximum Gasteiger partial charge on any atom is 0.0702 e. The Hall–Kier alpha value is -0.770. The Morgan fingerprint density at radius 2 is 2.21 bits per heavy atom. The molecule has 0 amide bonds. The van der Waals surface area contributed by atoms with Gasteiger partial charge in [0, 0.05) is 41.4 Å². The number of aliphatic hydroxyl groups is 1. The van der Waals surface area contributed by atoms with Crippen LogP contribution in [0.5, 0.6) is 0 Å². The van der Waals surface area contributed by atoms with Gasteiger partial charge in [-0.05, 0) is 44.5 Å². The summed E-state index contributed by atoms with van der Waals surface area (Å²) >= 11 is 6.02. The molecule has 2 atom stereocenters. The van der Waals surface area contributed by atoms with Gasteiger partial charge in [0.15, 0.2) is 0 Å². The van der Waals surface area contributed by atoms with Crippen molar-refractivity contribution in [1.82, 2.24) is 4.90 Å². The Morgan fingerprint density at radius 3 is 3.00 bits per heavy atom. The summed E-state index contributed by atoms with van der Waals surface area (Å²) in [6.45, 7) is 5.75. The largest absolute Gasteiger partial charge is 0.392 e. The van der Waals surface area contributed by atoms with E-state index >= 15 is 0 Å². The van der Waals surface area contributed by atoms with E-state index in [0.29, 0.717) is 17.1 Å². The van der Waals surface area contributed by atoms with E-state index in [1.54, 1.807) is 0 Å². The van der Waals surface area contributed by atoms with Crippen molar-refractivity contribution in [2.75, 3.05) is 24.5 Å². The summed E-state index contributed by atoms with van der Waals surface area (Å²) in [5.41, 5.74) is 2.08. The maximum atomic E-state index is 9.55. The first kappa shape index (κ1) is 13.2. The van der Waals surface area contributed by atoms with E-state index in [1.807, 2.05) is 12.1 Å². The average Bonchev–Trinajstić information content (AvgIpc) is 2.85. The van der Waals surface area contributed by atoms with Crippen LogP contribution in [0, 0.1) is 0 Å². The van der Waals surface area contributed by atoms with Gasteiger partial charge in [0.2, 0.25) is 0 Å². The molecule has 3 rings (SSSR count). The summed E-state index contributed by atoms with van der Waals surface area (Å²) in [6.07, 6.45) is 2.62. The van der Waals surface area contributed by atoms with Gasteiger partial charge in [0.1, 0.15) is 0 Å². The fourth-order valence-corrected chi connectivity index (χ4v) is 3.68. The third-order valence-corrected chi connectivity index (χ3v) is 4.69. The van der Waals surface area contributed by atoms with Crippen LogP contribution in [-0.4, -0.2) is 41.7 Å². The van der Waals surface area contributed by atoms with Crippen molar-refractivity contribution in [3.05, 3.63) is 28.8 Å². The highest BCUT2D eigenvalue weighted by Crippen LogP contribution is 2.32. The molecule has 1 aromatic rings. The fraction of sp³-hybridized carbons (Fsp3) is 0.600. The molecule has 2 saturated heterocycles. The minimum absolute atomic E-state index is 0.0491. The minimum atomic E-state index is 0.0491. The topological polar surface area (TPSA) is 26.7 Å². The molecule has 0 aliphatic carbocycles. The van der Waals surface area contributed by atoms with Crippen molar-refractivity contribution in [1.29, 1.82) is 0 Å². The van der Waals surface area contributed by atoms with Crippen LogP contribution < -0.4 is 4.90 Å². The van der Waals surface area contributed by atoms with Crippen LogP contribution in [0.2, 0.25) is 5.02 Å². The molecule has 4 heteroatoms. The number of rotatable bonds is 2. The summed E-state index contributed by atoms with van der Waals surface area (Å²) in [6, 6.07) is 7.02. The van der Waals surface area contributed by atoms with E-state index in [-0.39, 0.29) is 6.61 Å². The van der Waals surface area contributed by atoms with E-state index in [4.69, 9.17) is 11.6 Å². The molecule has 2 fully saturated rings. The van der Waals surface area contributed by atoms with Crippen molar-refractivity contribution in [3.63, 3.8) is 0 Å². The predicted octanol–water partition coefficient (Wildman–Crippen LogP) is 2.51. The first-order valence-corrected chi connectivity index (χ1v) is 7.47. The highest BCUT2D eigenvalue weighted by atomic mass is 35.5. The molecule has 2 aliphatic rings. The molecule has 0 aromatic heterocycles. The van der Waals surface area contributed by atoms with Gasteiger partial charge in [-0.1, -0.05) is 11.6 Å². The van der Waals surface area contributed by atoms with Crippen molar-refractivity contribution < 1.29 is 5.11 Å². The molecule has 2 heterocycles. The van der Waals surface area contributed by atoms with Gasteiger partial charge in [0.05, 0.1) is 6.61 Å². The molecule has 1 N–H and O–H groups in total. The van der Waals surface area contributed by atoms with Crippen LogP contribution in [0.4, 0.5) is 5.69 Å². The molecule has 1 aromatic carbocycles. The molecule has 19 heavy (non-hydrogen) atoms. The number of nitrogens with zero attached hydrogens (tertiary/aromatic N) is 2. The molecule has 0 saturated carbocycles. The molecule has 0 radical (unpaired) electrons. The molecule has 2 aliphatic heterocycles. The van der Waals surface area contributed by atoms with Crippen LogP contribution in [0.15, 0.2) is 18.2 Å². The number of hydrogen-bond donors (Lipinski definition) is 1. The number of anilines is 1. The maximum absolute atomic E-state index is 9.55. The zero-order valence-corrected chi connectivity index (χ0v) is 12.1. The van der Waals surface area contributed by atoms with Gasteiger partial charge >= 0.3 is 0 Å². The lowest BCUT2D eigenvalue weighted by Gasteiger charge is -2.44. The number of piperazine rings is 1. The first-order valence-electron chi connectivity index (χ1n) is 7.09. The van der Waals surface area contributed by atoms with Gasteiger partial charge in [-0.15, -0.1) is 0 Å². The van der Waals surface area contributed by atoms with Crippen molar-refractivity contribution in [3.8, 4) is 0 Å². The lowest BCUT2D eigenvalue weighted by Crippen LogP contribution is -2.55. The van der Waals surface area contributed by atoms with E-state index in [0.717, 1.165) is 24.3 Å². The molecule has 3 nitrogen and oxygen atoms in total. The summed E-state index contributed by atoms with van der Waals surface area (Å²) in [5, 5.41) is 10.2. The van der Waals surface area contributed by atoms with Crippen LogP contribution in [0.3, 0.4) is 0 Å². The lowest BCUT2D eigenvalue weighted by atomic mass is 10.0. The molecule has 0 spiro atoms. The normalized spacial score (nSPS) is 27.6. The number of fused-ring (bicyclic) bond motifs is 1. The quantitative estimate of drug-likeness (QED) is 0.902. The summed E-state index contributed by atoms with van der Waals surface area (Å²) in [4.78, 5) is 5.05. The molecular formula is C15H21ClN2O. The molecule has 2 unspecified atom stereocenters. The van der Waals surface area contributed by atoms with Crippen molar-refractivity contribution in [2.45, 2.75) is 38.5 Å². The number of aliphatic hydroxyl groups excluding tert-OH is 1. The molecular weight excluding hydrogens is 260 g/mol. The summed E-state index contributed by atoms with van der Waals surface area (Å²) in [7, 11) is 0. The Balaban J connectivity index is 1.88. The predicted molar refractivity (Wildman–Crippen MR) is 78.8 cm³/mol. The highest BCUT2D eigenvalue weighted by molar-refractivity contribution is 6.30. The summed E-state index contributed by atoms with van der Waals surface area (Å²) < 4.78 is 0. The van der Waals surface area contributed by atoms with Gasteiger partial charge in [-0.3, -0.25) is 4.90 Å². The van der Waals surface area contributed by atoms with Gasteiger partial charge < -0.3 is 10.0 Å². The standard InChI is InChI=1S/C15H21ClN2O/c1-11-8-17-6-2-3-14(17)9-18(11)15-5-4-13(16)7-12(15)10-19/h4-5,7,11,14,19H,2-3,6,8-10H2,1H3. The number of halogens is 1. The second kappa shape index (κ2) is 5.31. The van der Waals surface area contributed by atoms with E-state index in [2.05, 4.69) is 22.8 Å². The zero-order chi connectivity index (χ0) is 13.4. The van der Waals surface area contributed by atoms with Crippen LogP contribution in [0.1, 0.15) is 25.3 Å². The van der Waals surface area contributed by atoms with Crippen molar-refractivity contribution >= 4 is 17.3 Å². The van der Waals surface area contributed by atoms with Crippen molar-refractivity contribution in [2.24, 2.45) is 0 Å². The minimum Gasteiger partial charge on any atom is -0.392 e. The Kier molecular flexibility index (Phi) is 3.70. The highest BCUT2D eigenvalue weighted by Gasteiger charge is 2.34. The molecule has 0 bridgehead atoms. The Morgan fingerprint density at radius 1 is 1.37 bits per heavy atom. The van der Waals surface area contributed by atoms with Gasteiger partial charge in [-0.2, -0.15) is 0 Å². The number of hydrogen-bond acceptors (Lipinski definition) is 3. The SMILES string of the molecule is CC1CN2CCCC2CN1c1ccc(Cl)cc1CO. The lowest BCUT2D eigenvalue weighted by molar-refractivity contribution is 0.202. The van der Waals surface area contributed by atoms with E-state index in [1.165, 1.54) is 19.4 Å². The third kappa shape index (κ3) is 2.47. The van der Waals surface area contributed by atoms with Crippen LogP contribution in [0.25, 0.3) is 0 Å².